The zero-order chi connectivity index (χ0) is 14.5. The van der Waals surface area contributed by atoms with E-state index >= 15 is 0 Å². The Hall–Kier alpha value is -0.860. The Labute approximate surface area is 124 Å². The maximum atomic E-state index is 5.68. The van der Waals surface area contributed by atoms with Gasteiger partial charge in [0.15, 0.2) is 0 Å². The molecule has 0 atom stereocenters. The first-order chi connectivity index (χ1) is 9.79. The van der Waals surface area contributed by atoms with Crippen molar-refractivity contribution in [1.29, 1.82) is 0 Å². The lowest BCUT2D eigenvalue weighted by Crippen LogP contribution is -2.23. The molecule has 2 nitrogen and oxygen atoms in total. The van der Waals surface area contributed by atoms with Crippen LogP contribution >= 0.6 is 0 Å². The van der Waals surface area contributed by atoms with E-state index in [1.807, 2.05) is 0 Å². The zero-order valence-corrected chi connectivity index (χ0v) is 13.2. The lowest BCUT2D eigenvalue weighted by Gasteiger charge is -2.07. The van der Waals surface area contributed by atoms with Gasteiger partial charge in [-0.15, -0.1) is 0 Å². The highest BCUT2D eigenvalue weighted by Crippen LogP contribution is 2.03. The minimum Gasteiger partial charge on any atom is -0.381 e. The van der Waals surface area contributed by atoms with Crippen LogP contribution in [-0.4, -0.2) is 25.8 Å². The highest BCUT2D eigenvalue weighted by molar-refractivity contribution is 5.14. The third-order valence-corrected chi connectivity index (χ3v) is 3.36. The molecule has 20 heavy (non-hydrogen) atoms. The summed E-state index contributed by atoms with van der Waals surface area (Å²) in [7, 11) is 0. The molecule has 0 saturated heterocycles. The minimum absolute atomic E-state index is 0.614. The summed E-state index contributed by atoms with van der Waals surface area (Å²) >= 11 is 0. The Kier molecular flexibility index (Phi) is 10.3. The molecule has 0 spiro atoms. The number of benzene rings is 1. The molecule has 0 aliphatic heterocycles. The summed E-state index contributed by atoms with van der Waals surface area (Å²) in [6.07, 6.45) is 7.34. The molecule has 0 saturated carbocycles. The predicted molar refractivity (Wildman–Crippen MR) is 87.2 cm³/mol. The zero-order valence-electron chi connectivity index (χ0n) is 13.2. The van der Waals surface area contributed by atoms with Gasteiger partial charge in [-0.05, 0) is 37.8 Å². The molecule has 0 aromatic heterocycles. The Morgan fingerprint density at radius 3 is 2.35 bits per heavy atom. The van der Waals surface area contributed by atoms with Gasteiger partial charge in [0, 0.05) is 19.3 Å². The summed E-state index contributed by atoms with van der Waals surface area (Å²) in [4.78, 5) is 0. The van der Waals surface area contributed by atoms with Crippen molar-refractivity contribution in [3.05, 3.63) is 35.9 Å². The average molecular weight is 277 g/mol. The van der Waals surface area contributed by atoms with Gasteiger partial charge in [0.2, 0.25) is 0 Å². The number of aryl methyl sites for hydroxylation is 1. The van der Waals surface area contributed by atoms with Gasteiger partial charge < -0.3 is 10.1 Å². The number of unbranched alkanes of at least 4 members (excludes halogenated alkanes) is 3. The third-order valence-electron chi connectivity index (χ3n) is 3.36. The monoisotopic (exact) mass is 277 g/mol. The molecule has 1 rings (SSSR count). The number of hydrogen-bond donors (Lipinski definition) is 1. The van der Waals surface area contributed by atoms with Crippen LogP contribution in [-0.2, 0) is 11.2 Å². The maximum absolute atomic E-state index is 5.68. The Morgan fingerprint density at radius 1 is 0.900 bits per heavy atom. The van der Waals surface area contributed by atoms with Gasteiger partial charge in [-0.3, -0.25) is 0 Å². The van der Waals surface area contributed by atoms with Crippen LogP contribution in [0, 0.1) is 0 Å². The molecule has 0 unspecified atom stereocenters. The molecular formula is C18H31NO. The maximum Gasteiger partial charge on any atom is 0.0469 e. The highest BCUT2D eigenvalue weighted by atomic mass is 16.5. The van der Waals surface area contributed by atoms with Crippen LogP contribution in [0.1, 0.15) is 51.5 Å². The standard InChI is InChI=1S/C18H31NO/c1-17(2)19-14-8-3-4-9-15-20-16-10-13-18-11-6-5-7-12-18/h5-7,11-12,17,19H,3-4,8-10,13-16H2,1-2H3. The largest absolute Gasteiger partial charge is 0.381 e. The van der Waals surface area contributed by atoms with E-state index in [0.717, 1.165) is 32.6 Å². The minimum atomic E-state index is 0.614. The van der Waals surface area contributed by atoms with Crippen LogP contribution in [0.5, 0.6) is 0 Å². The van der Waals surface area contributed by atoms with Crippen molar-refractivity contribution in [3.63, 3.8) is 0 Å². The summed E-state index contributed by atoms with van der Waals surface area (Å²) in [5.41, 5.74) is 1.41. The van der Waals surface area contributed by atoms with Crippen molar-refractivity contribution in [2.75, 3.05) is 19.8 Å². The van der Waals surface area contributed by atoms with Gasteiger partial charge >= 0.3 is 0 Å². The Morgan fingerprint density at radius 2 is 1.60 bits per heavy atom. The summed E-state index contributed by atoms with van der Waals surface area (Å²) in [5.74, 6) is 0. The normalized spacial score (nSPS) is 11.2. The van der Waals surface area contributed by atoms with Crippen molar-refractivity contribution >= 4 is 0 Å². The fraction of sp³-hybridized carbons (Fsp3) is 0.667. The first-order valence-corrected chi connectivity index (χ1v) is 8.14. The Balaban J connectivity index is 1.79. The smallest absolute Gasteiger partial charge is 0.0469 e. The summed E-state index contributed by atoms with van der Waals surface area (Å²) in [6, 6.07) is 11.3. The van der Waals surface area contributed by atoms with Gasteiger partial charge in [-0.1, -0.05) is 57.0 Å². The molecule has 1 aromatic carbocycles. The lowest BCUT2D eigenvalue weighted by molar-refractivity contribution is 0.127. The van der Waals surface area contributed by atoms with Crippen LogP contribution in [0.2, 0.25) is 0 Å². The molecule has 0 bridgehead atoms. The van der Waals surface area contributed by atoms with Crippen molar-refractivity contribution < 1.29 is 4.74 Å². The second-order valence-corrected chi connectivity index (χ2v) is 5.72. The molecule has 1 aromatic rings. The van der Waals surface area contributed by atoms with Gasteiger partial charge in [-0.25, -0.2) is 0 Å². The van der Waals surface area contributed by atoms with E-state index in [9.17, 15) is 0 Å². The van der Waals surface area contributed by atoms with Gasteiger partial charge in [0.1, 0.15) is 0 Å². The summed E-state index contributed by atoms with van der Waals surface area (Å²) in [6.45, 7) is 7.36. The van der Waals surface area contributed by atoms with Crippen LogP contribution in [0.25, 0.3) is 0 Å². The second kappa shape index (κ2) is 11.9. The van der Waals surface area contributed by atoms with E-state index < -0.39 is 0 Å². The van der Waals surface area contributed by atoms with Gasteiger partial charge in [-0.2, -0.15) is 0 Å². The molecule has 0 fully saturated rings. The van der Waals surface area contributed by atoms with Crippen molar-refractivity contribution in [1.82, 2.24) is 5.32 Å². The van der Waals surface area contributed by atoms with Gasteiger partial charge in [0.05, 0.1) is 0 Å². The molecule has 0 heterocycles. The third kappa shape index (κ3) is 9.99. The average Bonchev–Trinajstić information content (AvgIpc) is 2.45. The van der Waals surface area contributed by atoms with Gasteiger partial charge in [0.25, 0.3) is 0 Å². The van der Waals surface area contributed by atoms with Crippen LogP contribution in [0.4, 0.5) is 0 Å². The fourth-order valence-electron chi connectivity index (χ4n) is 2.20. The highest BCUT2D eigenvalue weighted by Gasteiger charge is 1.95. The predicted octanol–water partition coefficient (Wildman–Crippen LogP) is 4.19. The summed E-state index contributed by atoms with van der Waals surface area (Å²) in [5, 5.41) is 3.45. The molecule has 1 N–H and O–H groups in total. The van der Waals surface area contributed by atoms with Crippen molar-refractivity contribution in [2.24, 2.45) is 0 Å². The van der Waals surface area contributed by atoms with Crippen molar-refractivity contribution in [3.8, 4) is 0 Å². The fourth-order valence-corrected chi connectivity index (χ4v) is 2.20. The quantitative estimate of drug-likeness (QED) is 0.578. The Bertz CT molecular complexity index is 310. The SMILES string of the molecule is CC(C)NCCCCCCOCCCc1ccccc1. The molecule has 0 aliphatic carbocycles. The molecular weight excluding hydrogens is 246 g/mol. The van der Waals surface area contributed by atoms with Crippen LogP contribution in [0.15, 0.2) is 30.3 Å². The van der Waals surface area contributed by atoms with Crippen molar-refractivity contribution in [2.45, 2.75) is 58.4 Å². The van der Waals surface area contributed by atoms with E-state index in [1.165, 1.54) is 31.2 Å². The lowest BCUT2D eigenvalue weighted by atomic mass is 10.1. The molecule has 0 amide bonds. The molecule has 2 heteroatoms. The van der Waals surface area contributed by atoms with Crippen LogP contribution in [0.3, 0.4) is 0 Å². The van der Waals surface area contributed by atoms with Crippen LogP contribution < -0.4 is 5.32 Å². The first-order valence-electron chi connectivity index (χ1n) is 8.14. The number of rotatable bonds is 12. The number of nitrogens with one attached hydrogen (secondary N) is 1. The second-order valence-electron chi connectivity index (χ2n) is 5.72. The van der Waals surface area contributed by atoms with E-state index in [2.05, 4.69) is 49.5 Å². The molecule has 0 aliphatic rings. The van der Waals surface area contributed by atoms with E-state index in [0.29, 0.717) is 6.04 Å². The molecule has 114 valence electrons. The molecule has 0 radical (unpaired) electrons. The topological polar surface area (TPSA) is 21.3 Å². The van der Waals surface area contributed by atoms with E-state index in [4.69, 9.17) is 4.74 Å². The summed E-state index contributed by atoms with van der Waals surface area (Å²) < 4.78 is 5.68. The number of hydrogen-bond acceptors (Lipinski definition) is 2. The number of ether oxygens (including phenoxy) is 1. The van der Waals surface area contributed by atoms with E-state index in [-0.39, 0.29) is 0 Å². The first kappa shape index (κ1) is 17.2. The van der Waals surface area contributed by atoms with E-state index in [1.54, 1.807) is 0 Å².